The molecule has 21 heavy (non-hydrogen) atoms. The van der Waals surface area contributed by atoms with Crippen LogP contribution < -0.4 is 10.1 Å². The quantitative estimate of drug-likeness (QED) is 0.658. The van der Waals surface area contributed by atoms with E-state index in [9.17, 15) is 4.79 Å². The summed E-state index contributed by atoms with van der Waals surface area (Å²) in [7, 11) is 1.57. The molecular weight excluding hydrogens is 288 g/mol. The van der Waals surface area contributed by atoms with Gasteiger partial charge in [-0.3, -0.25) is 10.1 Å². The van der Waals surface area contributed by atoms with Crippen LogP contribution in [0.4, 0.5) is 5.13 Å². The third-order valence-electron chi connectivity index (χ3n) is 2.50. The lowest BCUT2D eigenvalue weighted by molar-refractivity contribution is -0.111. The Labute approximate surface area is 127 Å². The second kappa shape index (κ2) is 7.56. The molecule has 0 aliphatic rings. The third kappa shape index (κ3) is 5.02. The van der Waals surface area contributed by atoms with Crippen molar-refractivity contribution in [2.24, 2.45) is 0 Å². The van der Waals surface area contributed by atoms with Crippen molar-refractivity contribution in [3.8, 4) is 5.75 Å². The second-order valence-corrected chi connectivity index (χ2v) is 5.45. The summed E-state index contributed by atoms with van der Waals surface area (Å²) in [5.41, 5.74) is 0.908. The van der Waals surface area contributed by atoms with Gasteiger partial charge in [0, 0.05) is 24.3 Å². The number of nitrogens with zero attached hydrogens (tertiary/aromatic N) is 1. The molecule has 1 N–H and O–H groups in total. The molecule has 0 saturated carbocycles. The lowest BCUT2D eigenvalue weighted by Gasteiger charge is -2.04. The SMILES string of the molecule is COCOc1ccc(/C=C/C(=O)Nc2ncc(C)s2)cc1. The largest absolute Gasteiger partial charge is 0.468 e. The van der Waals surface area contributed by atoms with E-state index in [-0.39, 0.29) is 12.7 Å². The molecule has 1 aromatic carbocycles. The normalized spacial score (nSPS) is 10.8. The molecule has 0 fully saturated rings. The number of hydrogen-bond donors (Lipinski definition) is 1. The number of aromatic nitrogens is 1. The Morgan fingerprint density at radius 3 is 2.76 bits per heavy atom. The molecule has 1 aromatic heterocycles. The van der Waals surface area contributed by atoms with Gasteiger partial charge in [0.05, 0.1) is 0 Å². The van der Waals surface area contributed by atoms with Crippen molar-refractivity contribution < 1.29 is 14.3 Å². The fourth-order valence-electron chi connectivity index (χ4n) is 1.53. The van der Waals surface area contributed by atoms with Gasteiger partial charge in [-0.25, -0.2) is 4.98 Å². The number of nitrogens with one attached hydrogen (secondary N) is 1. The molecule has 0 saturated heterocycles. The Bertz CT molecular complexity index is 620. The Hall–Kier alpha value is -2.18. The van der Waals surface area contributed by atoms with E-state index in [1.165, 1.54) is 17.4 Å². The number of carbonyl (C=O) groups is 1. The number of anilines is 1. The minimum absolute atomic E-state index is 0.205. The minimum Gasteiger partial charge on any atom is -0.468 e. The molecule has 0 radical (unpaired) electrons. The van der Waals surface area contributed by atoms with Gasteiger partial charge >= 0.3 is 0 Å². The Morgan fingerprint density at radius 2 is 2.14 bits per heavy atom. The highest BCUT2D eigenvalue weighted by molar-refractivity contribution is 7.15. The molecule has 2 aromatic rings. The number of carbonyl (C=O) groups excluding carboxylic acids is 1. The maximum absolute atomic E-state index is 11.7. The zero-order valence-corrected chi connectivity index (χ0v) is 12.6. The van der Waals surface area contributed by atoms with Gasteiger partial charge in [0.1, 0.15) is 5.75 Å². The topological polar surface area (TPSA) is 60.5 Å². The van der Waals surface area contributed by atoms with Crippen LogP contribution >= 0.6 is 11.3 Å². The number of methoxy groups -OCH3 is 1. The van der Waals surface area contributed by atoms with Crippen LogP contribution in [0.25, 0.3) is 6.08 Å². The van der Waals surface area contributed by atoms with Crippen LogP contribution in [0.15, 0.2) is 36.5 Å². The van der Waals surface area contributed by atoms with E-state index >= 15 is 0 Å². The summed E-state index contributed by atoms with van der Waals surface area (Å²) >= 11 is 1.44. The smallest absolute Gasteiger partial charge is 0.250 e. The molecule has 2 rings (SSSR count). The number of amides is 1. The Kier molecular flexibility index (Phi) is 5.48. The molecular formula is C15H16N2O3S. The van der Waals surface area contributed by atoms with Crippen LogP contribution in [0.3, 0.4) is 0 Å². The fraction of sp³-hybridized carbons (Fsp3) is 0.200. The van der Waals surface area contributed by atoms with Crippen molar-refractivity contribution in [3.05, 3.63) is 47.0 Å². The molecule has 0 unspecified atom stereocenters. The predicted molar refractivity (Wildman–Crippen MR) is 83.5 cm³/mol. The standard InChI is InChI=1S/C15H16N2O3S/c1-11-9-16-15(21-11)17-14(18)8-5-12-3-6-13(7-4-12)20-10-19-2/h3-9H,10H2,1-2H3,(H,16,17,18)/b8-5+. The molecule has 0 aliphatic heterocycles. The van der Waals surface area contributed by atoms with E-state index in [1.54, 1.807) is 19.4 Å². The summed E-state index contributed by atoms with van der Waals surface area (Å²) in [4.78, 5) is 16.9. The minimum atomic E-state index is -0.205. The maximum atomic E-state index is 11.7. The van der Waals surface area contributed by atoms with E-state index in [2.05, 4.69) is 10.3 Å². The number of rotatable bonds is 6. The first kappa shape index (κ1) is 15.2. The van der Waals surface area contributed by atoms with Gasteiger partial charge in [-0.05, 0) is 30.7 Å². The number of aryl methyl sites for hydroxylation is 1. The van der Waals surface area contributed by atoms with Gasteiger partial charge < -0.3 is 9.47 Å². The predicted octanol–water partition coefficient (Wildman–Crippen LogP) is 3.09. The molecule has 1 heterocycles. The number of thiazole rings is 1. The van der Waals surface area contributed by atoms with Crippen LogP contribution in [-0.4, -0.2) is 24.8 Å². The van der Waals surface area contributed by atoms with Crippen LogP contribution in [-0.2, 0) is 9.53 Å². The second-order valence-electron chi connectivity index (χ2n) is 4.22. The van der Waals surface area contributed by atoms with Crippen molar-refractivity contribution in [2.45, 2.75) is 6.92 Å². The molecule has 6 heteroatoms. The van der Waals surface area contributed by atoms with Crippen LogP contribution in [0, 0.1) is 6.92 Å². The van der Waals surface area contributed by atoms with Crippen LogP contribution in [0.1, 0.15) is 10.4 Å². The highest BCUT2D eigenvalue weighted by Crippen LogP contribution is 2.17. The first-order valence-corrected chi connectivity index (χ1v) is 7.12. The van der Waals surface area contributed by atoms with Crippen molar-refractivity contribution in [3.63, 3.8) is 0 Å². The van der Waals surface area contributed by atoms with Crippen molar-refractivity contribution >= 4 is 28.5 Å². The van der Waals surface area contributed by atoms with Crippen molar-refractivity contribution in [1.82, 2.24) is 4.98 Å². The maximum Gasteiger partial charge on any atom is 0.250 e. The van der Waals surface area contributed by atoms with Gasteiger partial charge in [0.2, 0.25) is 5.91 Å². The Morgan fingerprint density at radius 1 is 1.38 bits per heavy atom. The first-order chi connectivity index (χ1) is 10.2. The van der Waals surface area contributed by atoms with Gasteiger partial charge in [0.25, 0.3) is 0 Å². The summed E-state index contributed by atoms with van der Waals surface area (Å²) in [5, 5.41) is 3.32. The highest BCUT2D eigenvalue weighted by Gasteiger charge is 2.01. The van der Waals surface area contributed by atoms with Crippen LogP contribution in [0.2, 0.25) is 0 Å². The zero-order chi connectivity index (χ0) is 15.1. The van der Waals surface area contributed by atoms with E-state index in [4.69, 9.17) is 9.47 Å². The summed E-state index contributed by atoms with van der Waals surface area (Å²) in [6.07, 6.45) is 4.93. The molecule has 0 spiro atoms. The number of benzene rings is 1. The summed E-state index contributed by atoms with van der Waals surface area (Å²) in [6, 6.07) is 7.37. The van der Waals surface area contributed by atoms with Gasteiger partial charge in [0.15, 0.2) is 11.9 Å². The molecule has 0 atom stereocenters. The molecule has 0 aliphatic carbocycles. The lowest BCUT2D eigenvalue weighted by Crippen LogP contribution is -2.07. The first-order valence-electron chi connectivity index (χ1n) is 6.30. The summed E-state index contributed by atoms with van der Waals surface area (Å²) in [5.74, 6) is 0.515. The third-order valence-corrected chi connectivity index (χ3v) is 3.33. The number of hydrogen-bond acceptors (Lipinski definition) is 5. The highest BCUT2D eigenvalue weighted by atomic mass is 32.1. The van der Waals surface area contributed by atoms with E-state index in [0.717, 1.165) is 16.2 Å². The summed E-state index contributed by atoms with van der Waals surface area (Å²) < 4.78 is 10.1. The average molecular weight is 304 g/mol. The van der Waals surface area contributed by atoms with Crippen LogP contribution in [0.5, 0.6) is 5.75 Å². The van der Waals surface area contributed by atoms with E-state index < -0.39 is 0 Å². The monoisotopic (exact) mass is 304 g/mol. The Balaban J connectivity index is 1.89. The van der Waals surface area contributed by atoms with Gasteiger partial charge in [-0.2, -0.15) is 0 Å². The summed E-state index contributed by atoms with van der Waals surface area (Å²) in [6.45, 7) is 2.15. The molecule has 1 amide bonds. The average Bonchev–Trinajstić information content (AvgIpc) is 2.89. The van der Waals surface area contributed by atoms with Gasteiger partial charge in [-0.15, -0.1) is 11.3 Å². The van der Waals surface area contributed by atoms with Crippen molar-refractivity contribution in [1.29, 1.82) is 0 Å². The van der Waals surface area contributed by atoms with E-state index in [1.807, 2.05) is 31.2 Å². The number of ether oxygens (including phenoxy) is 2. The van der Waals surface area contributed by atoms with E-state index in [0.29, 0.717) is 5.13 Å². The molecule has 110 valence electrons. The van der Waals surface area contributed by atoms with Gasteiger partial charge in [-0.1, -0.05) is 12.1 Å². The van der Waals surface area contributed by atoms with Crippen molar-refractivity contribution in [2.75, 3.05) is 19.2 Å². The zero-order valence-electron chi connectivity index (χ0n) is 11.8. The lowest BCUT2D eigenvalue weighted by atomic mass is 10.2. The molecule has 5 nitrogen and oxygen atoms in total. The fourth-order valence-corrected chi connectivity index (χ4v) is 2.20. The molecule has 0 bridgehead atoms.